The predicted molar refractivity (Wildman–Crippen MR) is 184 cm³/mol. The molecule has 0 fully saturated rings. The van der Waals surface area contributed by atoms with E-state index in [0.717, 1.165) is 11.8 Å². The number of fused-ring (bicyclic) bond motifs is 1. The Morgan fingerprint density at radius 1 is 0.915 bits per heavy atom. The van der Waals surface area contributed by atoms with E-state index in [0.29, 0.717) is 55.8 Å². The van der Waals surface area contributed by atoms with Crippen LogP contribution in [0.4, 0.5) is 11.4 Å². The van der Waals surface area contributed by atoms with Crippen LogP contribution < -0.4 is 19.7 Å². The van der Waals surface area contributed by atoms with Crippen LogP contribution in [0.1, 0.15) is 15.9 Å². The standard InChI is InChI=1S/C36H28N4O6S/c1-45-26-17-14-23(32(19-26)46-2)18-31-34(42)40(25-8-4-3-5-9-25)36(39-31)47-21-33(41)37-24-15-12-22(13-16-24)30-20-28(35(43)44)27-10-6-7-11-29(27)38-30/h3-20H,21H2,1-2H3,(H,37,41)(H,43,44)/b31-18-. The van der Waals surface area contributed by atoms with Gasteiger partial charge in [-0.05, 0) is 54.6 Å². The molecule has 2 amide bonds. The van der Waals surface area contributed by atoms with Crippen LogP contribution in [-0.4, -0.2) is 53.0 Å². The van der Waals surface area contributed by atoms with Gasteiger partial charge in [0.2, 0.25) is 5.91 Å². The summed E-state index contributed by atoms with van der Waals surface area (Å²) in [6.07, 6.45) is 1.65. The molecule has 47 heavy (non-hydrogen) atoms. The maximum absolute atomic E-state index is 13.6. The van der Waals surface area contributed by atoms with Gasteiger partial charge in [-0.2, -0.15) is 0 Å². The lowest BCUT2D eigenvalue weighted by Crippen LogP contribution is -2.31. The van der Waals surface area contributed by atoms with E-state index >= 15 is 0 Å². The van der Waals surface area contributed by atoms with Gasteiger partial charge in [0.25, 0.3) is 5.91 Å². The zero-order valence-corrected chi connectivity index (χ0v) is 26.2. The van der Waals surface area contributed by atoms with E-state index < -0.39 is 5.97 Å². The molecule has 1 aromatic heterocycles. The van der Waals surface area contributed by atoms with Crippen molar-refractivity contribution in [3.05, 3.63) is 120 Å². The number of carbonyl (C=O) groups excluding carboxylic acids is 2. The van der Waals surface area contributed by atoms with Gasteiger partial charge in [-0.25, -0.2) is 14.8 Å². The van der Waals surface area contributed by atoms with Gasteiger partial charge in [0.1, 0.15) is 17.2 Å². The third-order valence-corrected chi connectivity index (χ3v) is 8.26. The van der Waals surface area contributed by atoms with Crippen LogP contribution >= 0.6 is 11.8 Å². The Hall–Kier alpha value is -5.94. The third kappa shape index (κ3) is 6.70. The van der Waals surface area contributed by atoms with E-state index in [1.165, 1.54) is 12.0 Å². The summed E-state index contributed by atoms with van der Waals surface area (Å²) in [5.74, 6) is -0.529. The van der Waals surface area contributed by atoms with Crippen LogP contribution in [0.2, 0.25) is 0 Å². The normalized spacial score (nSPS) is 13.5. The molecule has 0 saturated heterocycles. The van der Waals surface area contributed by atoms with Crippen molar-refractivity contribution in [1.82, 2.24) is 4.98 Å². The van der Waals surface area contributed by atoms with E-state index in [9.17, 15) is 19.5 Å². The highest BCUT2D eigenvalue weighted by Crippen LogP contribution is 2.32. The molecule has 2 N–H and O–H groups in total. The van der Waals surface area contributed by atoms with Gasteiger partial charge in [-0.15, -0.1) is 0 Å². The van der Waals surface area contributed by atoms with Crippen molar-refractivity contribution in [3.63, 3.8) is 0 Å². The summed E-state index contributed by atoms with van der Waals surface area (Å²) in [4.78, 5) is 49.2. The second-order valence-electron chi connectivity index (χ2n) is 10.3. The SMILES string of the molecule is COc1ccc(/C=C2\N=C(SCC(=O)Nc3ccc(-c4cc(C(=O)O)c5ccccc5n4)cc3)N(c3ccccc3)C2=O)c(OC)c1. The highest BCUT2D eigenvalue weighted by atomic mass is 32.2. The molecule has 2 heterocycles. The maximum Gasteiger partial charge on any atom is 0.336 e. The van der Waals surface area contributed by atoms with Gasteiger partial charge in [-0.1, -0.05) is 60.3 Å². The summed E-state index contributed by atoms with van der Waals surface area (Å²) in [7, 11) is 3.10. The molecule has 1 aliphatic heterocycles. The molecule has 0 bridgehead atoms. The van der Waals surface area contributed by atoms with Crippen LogP contribution in [0.5, 0.6) is 11.5 Å². The van der Waals surface area contributed by atoms with Gasteiger partial charge in [0.15, 0.2) is 5.17 Å². The highest BCUT2D eigenvalue weighted by molar-refractivity contribution is 8.14. The zero-order chi connectivity index (χ0) is 32.9. The Kier molecular flexibility index (Phi) is 8.98. The molecule has 10 nitrogen and oxygen atoms in total. The van der Waals surface area contributed by atoms with Gasteiger partial charge in [0, 0.05) is 28.3 Å². The summed E-state index contributed by atoms with van der Waals surface area (Å²) in [6.45, 7) is 0. The number of pyridine rings is 1. The predicted octanol–water partition coefficient (Wildman–Crippen LogP) is 6.73. The number of amides is 2. The first kappa shape index (κ1) is 31.1. The van der Waals surface area contributed by atoms with Gasteiger partial charge in [0.05, 0.1) is 42.4 Å². The summed E-state index contributed by atoms with van der Waals surface area (Å²) in [5.41, 5.74) is 3.98. The Bertz CT molecular complexity index is 2060. The number of amidine groups is 1. The minimum absolute atomic E-state index is 0.00939. The lowest BCUT2D eigenvalue weighted by atomic mass is 10.0. The second-order valence-corrected chi connectivity index (χ2v) is 11.2. The minimum Gasteiger partial charge on any atom is -0.497 e. The average Bonchev–Trinajstić information content (AvgIpc) is 3.41. The number of nitrogens with zero attached hydrogens (tertiary/aromatic N) is 3. The molecule has 5 aromatic rings. The van der Waals surface area contributed by atoms with Crippen molar-refractivity contribution >= 4 is 63.1 Å². The van der Waals surface area contributed by atoms with Crippen molar-refractivity contribution in [3.8, 4) is 22.8 Å². The number of benzene rings is 4. The molecule has 4 aromatic carbocycles. The number of rotatable bonds is 9. The third-order valence-electron chi connectivity index (χ3n) is 7.32. The van der Waals surface area contributed by atoms with Crippen molar-refractivity contribution in [1.29, 1.82) is 0 Å². The highest BCUT2D eigenvalue weighted by Gasteiger charge is 2.32. The molecule has 0 aliphatic carbocycles. The number of ether oxygens (including phenoxy) is 2. The lowest BCUT2D eigenvalue weighted by molar-refractivity contribution is -0.114. The molecule has 11 heteroatoms. The monoisotopic (exact) mass is 644 g/mol. The Balaban J connectivity index is 1.19. The Morgan fingerprint density at radius 3 is 2.38 bits per heavy atom. The summed E-state index contributed by atoms with van der Waals surface area (Å²) < 4.78 is 10.8. The van der Waals surface area contributed by atoms with Crippen molar-refractivity contribution in [2.75, 3.05) is 30.2 Å². The first-order valence-electron chi connectivity index (χ1n) is 14.4. The molecule has 0 atom stereocenters. The lowest BCUT2D eigenvalue weighted by Gasteiger charge is -2.17. The topological polar surface area (TPSA) is 130 Å². The van der Waals surface area contributed by atoms with E-state index in [1.807, 2.05) is 24.3 Å². The fraction of sp³-hybridized carbons (Fsp3) is 0.0833. The van der Waals surface area contributed by atoms with Crippen LogP contribution in [0, 0.1) is 0 Å². The largest absolute Gasteiger partial charge is 0.497 e. The van der Waals surface area contributed by atoms with Crippen LogP contribution in [0.25, 0.3) is 28.2 Å². The van der Waals surface area contributed by atoms with Gasteiger partial charge >= 0.3 is 5.97 Å². The molecule has 0 unspecified atom stereocenters. The Morgan fingerprint density at radius 2 is 1.66 bits per heavy atom. The number of aliphatic imine (C=N–C) groups is 1. The molecule has 234 valence electrons. The Labute approximate surface area is 274 Å². The minimum atomic E-state index is -1.03. The number of carboxylic acid groups (broad SMARTS) is 1. The van der Waals surface area contributed by atoms with Gasteiger partial charge < -0.3 is 19.9 Å². The molecule has 0 saturated carbocycles. The fourth-order valence-electron chi connectivity index (χ4n) is 5.03. The van der Waals surface area contributed by atoms with E-state index in [1.54, 1.807) is 92.0 Å². The van der Waals surface area contributed by atoms with Crippen molar-refractivity contribution < 1.29 is 29.0 Å². The quantitative estimate of drug-likeness (QED) is 0.169. The first-order chi connectivity index (χ1) is 22.8. The molecular formula is C36H28N4O6S. The molecule has 0 spiro atoms. The number of para-hydroxylation sites is 2. The molecular weight excluding hydrogens is 616 g/mol. The van der Waals surface area contributed by atoms with E-state index in [4.69, 9.17) is 9.47 Å². The number of hydrogen-bond acceptors (Lipinski definition) is 8. The first-order valence-corrected chi connectivity index (χ1v) is 15.4. The van der Waals surface area contributed by atoms with Crippen LogP contribution in [0.15, 0.2) is 114 Å². The van der Waals surface area contributed by atoms with E-state index in [-0.39, 0.29) is 28.8 Å². The summed E-state index contributed by atoms with van der Waals surface area (Å²) in [5, 5.41) is 13.5. The number of anilines is 2. The number of aromatic nitrogens is 1. The number of carboxylic acids is 1. The van der Waals surface area contributed by atoms with Gasteiger partial charge in [-0.3, -0.25) is 14.5 Å². The zero-order valence-electron chi connectivity index (χ0n) is 25.3. The summed E-state index contributed by atoms with van der Waals surface area (Å²) >= 11 is 1.14. The average molecular weight is 645 g/mol. The van der Waals surface area contributed by atoms with Crippen molar-refractivity contribution in [2.45, 2.75) is 0 Å². The smallest absolute Gasteiger partial charge is 0.336 e. The number of hydrogen-bond donors (Lipinski definition) is 2. The second kappa shape index (κ2) is 13.6. The number of carbonyl (C=O) groups is 3. The summed E-state index contributed by atoms with van der Waals surface area (Å²) in [6, 6.07) is 30.0. The molecule has 0 radical (unpaired) electrons. The number of nitrogens with one attached hydrogen (secondary N) is 1. The number of methoxy groups -OCH3 is 2. The van der Waals surface area contributed by atoms with Crippen LogP contribution in [-0.2, 0) is 9.59 Å². The molecule has 1 aliphatic rings. The fourth-order valence-corrected chi connectivity index (χ4v) is 5.85. The maximum atomic E-state index is 13.6. The molecule has 6 rings (SSSR count). The van der Waals surface area contributed by atoms with E-state index in [2.05, 4.69) is 15.3 Å². The van der Waals surface area contributed by atoms with Crippen molar-refractivity contribution in [2.24, 2.45) is 4.99 Å². The number of thioether (sulfide) groups is 1. The number of aromatic carboxylic acids is 1. The van der Waals surface area contributed by atoms with Crippen LogP contribution in [0.3, 0.4) is 0 Å².